The van der Waals surface area contributed by atoms with Gasteiger partial charge in [0.05, 0.1) is 0 Å². The number of nitrogens with zero attached hydrogens (tertiary/aromatic N) is 1. The van der Waals surface area contributed by atoms with Gasteiger partial charge in [-0.05, 0) is 16.9 Å². The Kier molecular flexibility index (Phi) is 5.12. The van der Waals surface area contributed by atoms with Crippen molar-refractivity contribution in [2.75, 3.05) is 0 Å². The molecule has 1 saturated heterocycles. The number of carbonyl (C=O) groups is 2. The highest BCUT2D eigenvalue weighted by Gasteiger charge is 2.46. The predicted molar refractivity (Wildman–Crippen MR) is 91.6 cm³/mol. The monoisotopic (exact) mass is 316 g/mol. The minimum atomic E-state index is -0.473. The lowest BCUT2D eigenvalue weighted by Gasteiger charge is -2.45. The van der Waals surface area contributed by atoms with Gasteiger partial charge in [-0.25, -0.2) is 0 Å². The average Bonchev–Trinajstić information content (AvgIpc) is 2.50. The molecule has 1 aromatic rings. The third-order valence-corrected chi connectivity index (χ3v) is 4.67. The van der Waals surface area contributed by atoms with E-state index in [-0.39, 0.29) is 23.1 Å². The molecule has 1 aliphatic heterocycles. The zero-order chi connectivity index (χ0) is 17.2. The van der Waals surface area contributed by atoms with Crippen molar-refractivity contribution in [3.63, 3.8) is 0 Å². The van der Waals surface area contributed by atoms with Gasteiger partial charge in [0.25, 0.3) is 0 Å². The molecule has 126 valence electrons. The predicted octanol–water partition coefficient (Wildman–Crippen LogP) is 2.97. The van der Waals surface area contributed by atoms with Crippen LogP contribution in [0.2, 0.25) is 0 Å². The molecule has 1 aromatic carbocycles. The molecule has 2 rings (SSSR count). The lowest BCUT2D eigenvalue weighted by atomic mass is 9.82. The van der Waals surface area contributed by atoms with Gasteiger partial charge in [-0.1, -0.05) is 71.4 Å². The molecule has 3 unspecified atom stereocenters. The number of hydrogen-bond acceptors (Lipinski definition) is 2. The second kappa shape index (κ2) is 6.73. The first-order valence-corrected chi connectivity index (χ1v) is 8.40. The Balaban J connectivity index is 2.36. The quantitative estimate of drug-likeness (QED) is 0.928. The van der Waals surface area contributed by atoms with Crippen LogP contribution < -0.4 is 5.32 Å². The van der Waals surface area contributed by atoms with E-state index in [1.165, 1.54) is 0 Å². The van der Waals surface area contributed by atoms with Crippen LogP contribution in [0.4, 0.5) is 0 Å². The van der Waals surface area contributed by atoms with Gasteiger partial charge >= 0.3 is 0 Å². The Morgan fingerprint density at radius 1 is 1.17 bits per heavy atom. The molecule has 0 aliphatic carbocycles. The number of hydrogen-bond donors (Lipinski definition) is 1. The Bertz CT molecular complexity index is 562. The summed E-state index contributed by atoms with van der Waals surface area (Å²) in [5, 5.41) is 2.96. The molecule has 1 heterocycles. The van der Waals surface area contributed by atoms with Crippen LogP contribution in [0.5, 0.6) is 0 Å². The maximum Gasteiger partial charge on any atom is 0.246 e. The molecule has 1 N–H and O–H groups in total. The smallest absolute Gasteiger partial charge is 0.246 e. The SMILES string of the molecule is CCC(C)C1C(=O)NC(C(C)(C)C)C(=O)N1Cc1ccccc1. The van der Waals surface area contributed by atoms with Crippen LogP contribution in [-0.4, -0.2) is 28.8 Å². The summed E-state index contributed by atoms with van der Waals surface area (Å²) in [6.07, 6.45) is 0.858. The van der Waals surface area contributed by atoms with Crippen molar-refractivity contribution in [2.24, 2.45) is 11.3 Å². The summed E-state index contributed by atoms with van der Waals surface area (Å²) < 4.78 is 0. The number of nitrogens with one attached hydrogen (secondary N) is 1. The summed E-state index contributed by atoms with van der Waals surface area (Å²) in [6, 6.07) is 9.01. The number of carbonyl (C=O) groups excluding carboxylic acids is 2. The first-order chi connectivity index (χ1) is 10.8. The van der Waals surface area contributed by atoms with Gasteiger partial charge in [0.2, 0.25) is 11.8 Å². The lowest BCUT2D eigenvalue weighted by molar-refractivity contribution is -0.155. The number of rotatable bonds is 4. The fourth-order valence-corrected chi connectivity index (χ4v) is 3.07. The van der Waals surface area contributed by atoms with Crippen LogP contribution in [0.25, 0.3) is 0 Å². The van der Waals surface area contributed by atoms with Gasteiger partial charge in [0, 0.05) is 6.54 Å². The first kappa shape index (κ1) is 17.5. The fraction of sp³-hybridized carbons (Fsp3) is 0.579. The van der Waals surface area contributed by atoms with Gasteiger partial charge in [-0.15, -0.1) is 0 Å². The molecule has 0 radical (unpaired) electrons. The van der Waals surface area contributed by atoms with Gasteiger partial charge in [-0.3, -0.25) is 9.59 Å². The van der Waals surface area contributed by atoms with E-state index in [1.54, 1.807) is 4.90 Å². The highest BCUT2D eigenvalue weighted by atomic mass is 16.2. The highest BCUT2D eigenvalue weighted by Crippen LogP contribution is 2.29. The topological polar surface area (TPSA) is 49.4 Å². The molecular weight excluding hydrogens is 288 g/mol. The molecule has 1 fully saturated rings. The number of benzene rings is 1. The molecule has 0 saturated carbocycles. The summed E-state index contributed by atoms with van der Waals surface area (Å²) in [5.74, 6) is 0.115. The lowest BCUT2D eigenvalue weighted by Crippen LogP contribution is -2.67. The molecule has 4 heteroatoms. The summed E-state index contributed by atoms with van der Waals surface area (Å²) in [5.41, 5.74) is 0.749. The molecule has 23 heavy (non-hydrogen) atoms. The summed E-state index contributed by atoms with van der Waals surface area (Å²) in [6.45, 7) is 10.5. The Morgan fingerprint density at radius 3 is 2.30 bits per heavy atom. The normalized spacial score (nSPS) is 23.6. The van der Waals surface area contributed by atoms with Gasteiger partial charge in [-0.2, -0.15) is 0 Å². The van der Waals surface area contributed by atoms with Gasteiger partial charge in [0.15, 0.2) is 0 Å². The molecule has 4 nitrogen and oxygen atoms in total. The van der Waals surface area contributed by atoms with Crippen LogP contribution in [0, 0.1) is 11.3 Å². The van der Waals surface area contributed by atoms with Crippen LogP contribution in [0.1, 0.15) is 46.6 Å². The van der Waals surface area contributed by atoms with Crippen LogP contribution in [-0.2, 0) is 16.1 Å². The van der Waals surface area contributed by atoms with E-state index in [9.17, 15) is 9.59 Å². The minimum absolute atomic E-state index is 0.0197. The van der Waals surface area contributed by atoms with E-state index in [4.69, 9.17) is 0 Å². The number of amides is 2. The molecule has 0 aromatic heterocycles. The van der Waals surface area contributed by atoms with Crippen molar-refractivity contribution in [1.29, 1.82) is 0 Å². The Morgan fingerprint density at radius 2 is 1.78 bits per heavy atom. The second-order valence-corrected chi connectivity index (χ2v) is 7.59. The van der Waals surface area contributed by atoms with Crippen molar-refractivity contribution in [3.8, 4) is 0 Å². The Labute approximate surface area is 139 Å². The van der Waals surface area contributed by atoms with Crippen molar-refractivity contribution < 1.29 is 9.59 Å². The van der Waals surface area contributed by atoms with Gasteiger partial charge < -0.3 is 10.2 Å². The molecule has 0 spiro atoms. The summed E-state index contributed by atoms with van der Waals surface area (Å²) in [7, 11) is 0. The molecule has 0 bridgehead atoms. The van der Waals surface area contributed by atoms with E-state index in [0.717, 1.165) is 12.0 Å². The van der Waals surface area contributed by atoms with E-state index in [1.807, 2.05) is 58.0 Å². The number of piperazine rings is 1. The maximum absolute atomic E-state index is 13.1. The van der Waals surface area contributed by atoms with E-state index in [2.05, 4.69) is 12.2 Å². The third kappa shape index (κ3) is 3.74. The molecular formula is C19H28N2O2. The summed E-state index contributed by atoms with van der Waals surface area (Å²) in [4.78, 5) is 27.5. The van der Waals surface area contributed by atoms with Gasteiger partial charge in [0.1, 0.15) is 12.1 Å². The second-order valence-electron chi connectivity index (χ2n) is 7.59. The highest BCUT2D eigenvalue weighted by molar-refractivity contribution is 5.97. The van der Waals surface area contributed by atoms with E-state index >= 15 is 0 Å². The largest absolute Gasteiger partial charge is 0.342 e. The Hall–Kier alpha value is -1.84. The van der Waals surface area contributed by atoms with E-state index in [0.29, 0.717) is 6.54 Å². The van der Waals surface area contributed by atoms with Crippen molar-refractivity contribution in [1.82, 2.24) is 10.2 Å². The van der Waals surface area contributed by atoms with Crippen molar-refractivity contribution in [2.45, 2.75) is 59.7 Å². The molecule has 2 amide bonds. The first-order valence-electron chi connectivity index (χ1n) is 8.40. The van der Waals surface area contributed by atoms with Crippen LogP contribution >= 0.6 is 0 Å². The average molecular weight is 316 g/mol. The summed E-state index contributed by atoms with van der Waals surface area (Å²) >= 11 is 0. The van der Waals surface area contributed by atoms with Crippen molar-refractivity contribution >= 4 is 11.8 Å². The van der Waals surface area contributed by atoms with Crippen LogP contribution in [0.3, 0.4) is 0 Å². The third-order valence-electron chi connectivity index (χ3n) is 4.67. The molecule has 1 aliphatic rings. The standard InChI is InChI=1S/C19H28N2O2/c1-6-13(2)15-17(22)20-16(19(3,4)5)18(23)21(15)12-14-10-8-7-9-11-14/h7-11,13,15-16H,6,12H2,1-5H3,(H,20,22). The fourth-order valence-electron chi connectivity index (χ4n) is 3.07. The zero-order valence-corrected chi connectivity index (χ0v) is 14.8. The van der Waals surface area contributed by atoms with Crippen LogP contribution in [0.15, 0.2) is 30.3 Å². The van der Waals surface area contributed by atoms with Crippen molar-refractivity contribution in [3.05, 3.63) is 35.9 Å². The maximum atomic E-state index is 13.1. The minimum Gasteiger partial charge on any atom is -0.342 e. The van der Waals surface area contributed by atoms with E-state index < -0.39 is 12.1 Å². The zero-order valence-electron chi connectivity index (χ0n) is 14.8. The molecule has 3 atom stereocenters.